The Morgan fingerprint density at radius 3 is 2.73 bits per heavy atom. The van der Waals surface area contributed by atoms with Gasteiger partial charge in [0.25, 0.3) is 0 Å². The summed E-state index contributed by atoms with van der Waals surface area (Å²) in [6, 6.07) is 9.17. The minimum Gasteiger partial charge on any atom is -0.495 e. The highest BCUT2D eigenvalue weighted by molar-refractivity contribution is 6.32. The molecule has 1 aliphatic heterocycles. The molecule has 3 aromatic rings. The van der Waals surface area contributed by atoms with E-state index in [1.165, 1.54) is 7.11 Å². The summed E-state index contributed by atoms with van der Waals surface area (Å²) in [6.45, 7) is 2.59. The molecule has 156 valence electrons. The van der Waals surface area contributed by atoms with Crippen molar-refractivity contribution >= 4 is 34.2 Å². The Bertz CT molecular complexity index is 1200. The molecule has 0 atom stereocenters. The smallest absolute Gasteiger partial charge is 0.340 e. The molecule has 0 spiro atoms. The molecule has 0 bridgehead atoms. The van der Waals surface area contributed by atoms with Gasteiger partial charge in [0.05, 0.1) is 43.3 Å². The van der Waals surface area contributed by atoms with Gasteiger partial charge in [0, 0.05) is 11.1 Å². The van der Waals surface area contributed by atoms with Gasteiger partial charge in [0.15, 0.2) is 6.73 Å². The average Bonchev–Trinajstić information content (AvgIpc) is 2.75. The van der Waals surface area contributed by atoms with Crippen LogP contribution in [0.3, 0.4) is 0 Å². The van der Waals surface area contributed by atoms with Crippen molar-refractivity contribution in [3.05, 3.63) is 62.5 Å². The molecule has 7 nitrogen and oxygen atoms in total. The van der Waals surface area contributed by atoms with Crippen LogP contribution in [-0.2, 0) is 22.5 Å². The maximum Gasteiger partial charge on any atom is 0.340 e. The Hall–Kier alpha value is -3.19. The lowest BCUT2D eigenvalue weighted by Gasteiger charge is -2.31. The van der Waals surface area contributed by atoms with Crippen molar-refractivity contribution < 1.29 is 23.4 Å². The third-order valence-corrected chi connectivity index (χ3v) is 5.58. The van der Waals surface area contributed by atoms with E-state index in [9.17, 15) is 9.59 Å². The molecule has 0 N–H and O–H groups in total. The highest BCUT2D eigenvalue weighted by Gasteiger charge is 2.24. The van der Waals surface area contributed by atoms with Crippen LogP contribution < -0.4 is 20.0 Å². The Labute approximate surface area is 177 Å². The third kappa shape index (κ3) is 3.45. The molecular formula is C22H20ClNO6. The Kier molecular flexibility index (Phi) is 5.30. The molecule has 0 aliphatic carbocycles. The molecule has 30 heavy (non-hydrogen) atoms. The van der Waals surface area contributed by atoms with E-state index in [-0.39, 0.29) is 6.42 Å². The van der Waals surface area contributed by atoms with Gasteiger partial charge in [0.1, 0.15) is 17.1 Å². The van der Waals surface area contributed by atoms with Crippen molar-refractivity contribution in [2.45, 2.75) is 19.9 Å². The predicted molar refractivity (Wildman–Crippen MR) is 113 cm³/mol. The Morgan fingerprint density at radius 1 is 1.23 bits per heavy atom. The molecule has 1 aliphatic rings. The first kappa shape index (κ1) is 20.1. The van der Waals surface area contributed by atoms with Crippen LogP contribution in [0.15, 0.2) is 39.5 Å². The molecule has 2 aromatic carbocycles. The Balaban J connectivity index is 1.77. The lowest BCUT2D eigenvalue weighted by Crippen LogP contribution is -2.32. The van der Waals surface area contributed by atoms with Crippen molar-refractivity contribution in [3.63, 3.8) is 0 Å². The number of carbonyl (C=O) groups excluding carboxylic acids is 1. The fourth-order valence-electron chi connectivity index (χ4n) is 3.60. The SMILES string of the molecule is COC(=O)Cc1c(C)c2ccc3c(c2oc1=O)CN(c1ccc(OC)c(Cl)c1)CO3. The van der Waals surface area contributed by atoms with E-state index >= 15 is 0 Å². The maximum absolute atomic E-state index is 12.6. The van der Waals surface area contributed by atoms with E-state index in [0.717, 1.165) is 16.6 Å². The zero-order valence-corrected chi connectivity index (χ0v) is 17.5. The summed E-state index contributed by atoms with van der Waals surface area (Å²) in [5.41, 5.74) is 2.50. The van der Waals surface area contributed by atoms with Crippen LogP contribution >= 0.6 is 11.6 Å². The van der Waals surface area contributed by atoms with Gasteiger partial charge in [-0.25, -0.2) is 4.79 Å². The van der Waals surface area contributed by atoms with Gasteiger partial charge in [-0.1, -0.05) is 11.6 Å². The van der Waals surface area contributed by atoms with E-state index < -0.39 is 11.6 Å². The molecule has 0 amide bonds. The zero-order valence-electron chi connectivity index (χ0n) is 16.8. The van der Waals surface area contributed by atoms with Crippen LogP contribution in [0.1, 0.15) is 16.7 Å². The number of benzene rings is 2. The van der Waals surface area contributed by atoms with Crippen molar-refractivity contribution in [2.24, 2.45) is 0 Å². The molecule has 0 saturated carbocycles. The quantitative estimate of drug-likeness (QED) is 0.460. The van der Waals surface area contributed by atoms with Gasteiger partial charge < -0.3 is 23.5 Å². The molecule has 4 rings (SSSR count). The van der Waals surface area contributed by atoms with Gasteiger partial charge in [-0.2, -0.15) is 0 Å². The van der Waals surface area contributed by atoms with Gasteiger partial charge in [-0.3, -0.25) is 4.79 Å². The first-order valence-electron chi connectivity index (χ1n) is 9.29. The highest BCUT2D eigenvalue weighted by atomic mass is 35.5. The van der Waals surface area contributed by atoms with E-state index in [1.54, 1.807) is 26.2 Å². The second-order valence-electron chi connectivity index (χ2n) is 6.96. The van der Waals surface area contributed by atoms with Crippen LogP contribution in [0.25, 0.3) is 11.0 Å². The summed E-state index contributed by atoms with van der Waals surface area (Å²) < 4.78 is 21.4. The lowest BCUT2D eigenvalue weighted by atomic mass is 10.00. The largest absolute Gasteiger partial charge is 0.495 e. The summed E-state index contributed by atoms with van der Waals surface area (Å²) in [6.07, 6.45) is -0.134. The number of anilines is 1. The van der Waals surface area contributed by atoms with Crippen LogP contribution in [0, 0.1) is 6.92 Å². The number of aryl methyl sites for hydroxylation is 1. The van der Waals surface area contributed by atoms with E-state index in [2.05, 4.69) is 0 Å². The molecule has 8 heteroatoms. The number of esters is 1. The van der Waals surface area contributed by atoms with Gasteiger partial charge in [0.2, 0.25) is 0 Å². The standard InChI is InChI=1S/C22H20ClNO6/c1-12-14-5-7-18-16(21(14)30-22(26)15(12)9-20(25)28-3)10-24(11-29-18)13-4-6-19(27-2)17(23)8-13/h4-8H,9-11H2,1-3H3. The summed E-state index contributed by atoms with van der Waals surface area (Å²) in [5, 5.41) is 1.25. The Morgan fingerprint density at radius 2 is 2.03 bits per heavy atom. The zero-order chi connectivity index (χ0) is 21.4. The highest BCUT2D eigenvalue weighted by Crippen LogP contribution is 2.37. The van der Waals surface area contributed by atoms with Crippen molar-refractivity contribution in [2.75, 3.05) is 25.9 Å². The topological polar surface area (TPSA) is 78.2 Å². The number of hydrogen-bond acceptors (Lipinski definition) is 7. The van der Waals surface area contributed by atoms with Crippen molar-refractivity contribution in [1.82, 2.24) is 0 Å². The number of ether oxygens (including phenoxy) is 3. The monoisotopic (exact) mass is 429 g/mol. The summed E-state index contributed by atoms with van der Waals surface area (Å²) in [7, 11) is 2.85. The number of fused-ring (bicyclic) bond motifs is 3. The third-order valence-electron chi connectivity index (χ3n) is 5.29. The number of nitrogens with zero attached hydrogens (tertiary/aromatic N) is 1. The second kappa shape index (κ2) is 7.91. The van der Waals surface area contributed by atoms with Gasteiger partial charge in [-0.15, -0.1) is 0 Å². The molecule has 0 unspecified atom stereocenters. The number of halogens is 1. The first-order chi connectivity index (χ1) is 14.4. The normalized spacial score (nSPS) is 13.0. The van der Waals surface area contributed by atoms with E-state index in [4.69, 9.17) is 30.2 Å². The lowest BCUT2D eigenvalue weighted by molar-refractivity contribution is -0.139. The second-order valence-corrected chi connectivity index (χ2v) is 7.36. The molecular weight excluding hydrogens is 410 g/mol. The number of rotatable bonds is 4. The minimum absolute atomic E-state index is 0.134. The van der Waals surface area contributed by atoms with Crippen LogP contribution in [-0.4, -0.2) is 26.9 Å². The van der Waals surface area contributed by atoms with E-state index in [0.29, 0.717) is 46.5 Å². The molecule has 0 fully saturated rings. The first-order valence-corrected chi connectivity index (χ1v) is 9.67. The summed E-state index contributed by atoms with van der Waals surface area (Å²) >= 11 is 6.27. The average molecular weight is 430 g/mol. The maximum atomic E-state index is 12.6. The number of hydrogen-bond donors (Lipinski definition) is 0. The minimum atomic E-state index is -0.552. The number of carbonyl (C=O) groups is 1. The van der Waals surface area contributed by atoms with Crippen LogP contribution in [0.5, 0.6) is 11.5 Å². The molecule has 1 aromatic heterocycles. The summed E-state index contributed by atoms with van der Waals surface area (Å²) in [4.78, 5) is 26.3. The molecule has 0 saturated heterocycles. The fourth-order valence-corrected chi connectivity index (χ4v) is 3.85. The predicted octanol–water partition coefficient (Wildman–Crippen LogP) is 3.84. The molecule has 2 heterocycles. The van der Waals surface area contributed by atoms with Crippen LogP contribution in [0.4, 0.5) is 5.69 Å². The van der Waals surface area contributed by atoms with Gasteiger partial charge >= 0.3 is 11.6 Å². The fraction of sp³-hybridized carbons (Fsp3) is 0.273. The van der Waals surface area contributed by atoms with Crippen molar-refractivity contribution in [1.29, 1.82) is 0 Å². The van der Waals surface area contributed by atoms with Crippen LogP contribution in [0.2, 0.25) is 5.02 Å². The van der Waals surface area contributed by atoms with E-state index in [1.807, 2.05) is 23.1 Å². The van der Waals surface area contributed by atoms with Crippen molar-refractivity contribution in [3.8, 4) is 11.5 Å². The molecule has 0 radical (unpaired) electrons. The van der Waals surface area contributed by atoms with Gasteiger partial charge in [-0.05, 0) is 42.8 Å². The summed E-state index contributed by atoms with van der Waals surface area (Å²) in [5.74, 6) is 0.749. The number of methoxy groups -OCH3 is 2.